The molecule has 0 aliphatic carbocycles. The lowest BCUT2D eigenvalue weighted by atomic mass is 10.0. The average molecular weight is 396 g/mol. The van der Waals surface area contributed by atoms with E-state index in [-0.39, 0.29) is 23.4 Å². The highest BCUT2D eigenvalue weighted by atomic mass is 19.1. The third-order valence-corrected chi connectivity index (χ3v) is 4.68. The third kappa shape index (κ3) is 4.21. The fourth-order valence-electron chi connectivity index (χ4n) is 3.23. The van der Waals surface area contributed by atoms with Crippen molar-refractivity contribution in [2.45, 2.75) is 12.5 Å². The van der Waals surface area contributed by atoms with Gasteiger partial charge in [-0.1, -0.05) is 30.3 Å². The lowest BCUT2D eigenvalue weighted by molar-refractivity contribution is 0.572. The molecule has 1 aliphatic rings. The van der Waals surface area contributed by atoms with Gasteiger partial charge in [0.05, 0.1) is 17.4 Å². The van der Waals surface area contributed by atoms with Crippen LogP contribution in [0.1, 0.15) is 23.6 Å². The second kappa shape index (κ2) is 7.91. The minimum absolute atomic E-state index is 0.130. The Kier molecular flexibility index (Phi) is 5.16. The van der Waals surface area contributed by atoms with Crippen LogP contribution < -0.4 is 5.01 Å². The molecule has 1 heterocycles. The Morgan fingerprint density at radius 1 is 0.759 bits per heavy atom. The Balaban J connectivity index is 1.68. The minimum Gasteiger partial charge on any atom is -0.254 e. The molecule has 0 radical (unpaired) electrons. The van der Waals surface area contributed by atoms with Crippen LogP contribution in [0, 0.1) is 23.3 Å². The Morgan fingerprint density at radius 3 is 2.03 bits per heavy atom. The zero-order chi connectivity index (χ0) is 20.4. The van der Waals surface area contributed by atoms with Crippen LogP contribution in [0.2, 0.25) is 0 Å². The first-order valence-corrected chi connectivity index (χ1v) is 9.00. The van der Waals surface area contributed by atoms with E-state index in [4.69, 9.17) is 0 Å². The van der Waals surface area contributed by atoms with Gasteiger partial charge in [-0.05, 0) is 53.6 Å². The van der Waals surface area contributed by atoms with E-state index in [0.717, 1.165) is 17.2 Å². The van der Waals surface area contributed by atoms with Crippen LogP contribution in [0.15, 0.2) is 77.9 Å². The van der Waals surface area contributed by atoms with Crippen LogP contribution in [0.3, 0.4) is 0 Å². The van der Waals surface area contributed by atoms with E-state index in [0.29, 0.717) is 12.1 Å². The van der Waals surface area contributed by atoms with Gasteiger partial charge in [0, 0.05) is 12.5 Å². The largest absolute Gasteiger partial charge is 0.254 e. The van der Waals surface area contributed by atoms with Gasteiger partial charge in [-0.25, -0.2) is 17.6 Å². The van der Waals surface area contributed by atoms with Crippen molar-refractivity contribution in [1.29, 1.82) is 0 Å². The van der Waals surface area contributed by atoms with E-state index in [1.165, 1.54) is 41.4 Å². The first-order valence-electron chi connectivity index (χ1n) is 9.00. The standard InChI is InChI=1S/C23H16F4N2/c24-17-6-1-15(2-7-17)3-11-20-14-23(16-4-8-18(25)9-5-16)29(28-20)22-12-10-19(26)13-21(22)27/h1-13,23H,14H2/b11-3+/t23-/m1/s1. The molecule has 0 unspecified atom stereocenters. The summed E-state index contributed by atoms with van der Waals surface area (Å²) >= 11 is 0. The van der Waals surface area contributed by atoms with E-state index in [2.05, 4.69) is 5.10 Å². The zero-order valence-corrected chi connectivity index (χ0v) is 15.2. The number of anilines is 1. The SMILES string of the molecule is Fc1ccc(/C=C/C2=NN(c3ccc(F)cc3F)[C@@H](c3ccc(F)cc3)C2)cc1. The highest BCUT2D eigenvalue weighted by Gasteiger charge is 2.30. The molecule has 146 valence electrons. The normalized spacial score (nSPS) is 16.5. The predicted octanol–water partition coefficient (Wildman–Crippen LogP) is 6.26. The second-order valence-corrected chi connectivity index (χ2v) is 6.69. The summed E-state index contributed by atoms with van der Waals surface area (Å²) in [6.07, 6.45) is 4.00. The second-order valence-electron chi connectivity index (χ2n) is 6.69. The molecule has 0 saturated carbocycles. The van der Waals surface area contributed by atoms with E-state index >= 15 is 0 Å². The Hall–Kier alpha value is -3.41. The van der Waals surface area contributed by atoms with Crippen molar-refractivity contribution in [2.24, 2.45) is 5.10 Å². The number of hydrogen-bond donors (Lipinski definition) is 0. The molecule has 4 rings (SSSR count). The van der Waals surface area contributed by atoms with Gasteiger partial charge in [-0.2, -0.15) is 5.10 Å². The molecule has 0 amide bonds. The van der Waals surface area contributed by atoms with Crippen LogP contribution in [0.5, 0.6) is 0 Å². The summed E-state index contributed by atoms with van der Waals surface area (Å²) in [5, 5.41) is 5.97. The number of hydrazone groups is 1. The molecule has 1 aliphatic heterocycles. The van der Waals surface area contributed by atoms with Gasteiger partial charge in [0.1, 0.15) is 17.5 Å². The summed E-state index contributed by atoms with van der Waals surface area (Å²) in [4.78, 5) is 0. The Bertz CT molecular complexity index is 1070. The van der Waals surface area contributed by atoms with Gasteiger partial charge in [0.2, 0.25) is 0 Å². The zero-order valence-electron chi connectivity index (χ0n) is 15.2. The summed E-state index contributed by atoms with van der Waals surface area (Å²) < 4.78 is 54.1. The van der Waals surface area contributed by atoms with Crippen molar-refractivity contribution in [1.82, 2.24) is 0 Å². The minimum atomic E-state index is -0.732. The van der Waals surface area contributed by atoms with E-state index in [1.807, 2.05) is 0 Å². The molecule has 29 heavy (non-hydrogen) atoms. The maximum Gasteiger partial charge on any atom is 0.151 e. The summed E-state index contributed by atoms with van der Waals surface area (Å²) in [7, 11) is 0. The first kappa shape index (κ1) is 18.9. The van der Waals surface area contributed by atoms with Crippen LogP contribution in [0.4, 0.5) is 23.2 Å². The Morgan fingerprint density at radius 2 is 1.38 bits per heavy atom. The number of rotatable bonds is 4. The number of allylic oxidation sites excluding steroid dienone is 1. The van der Waals surface area contributed by atoms with Gasteiger partial charge >= 0.3 is 0 Å². The molecule has 2 nitrogen and oxygen atoms in total. The number of nitrogens with zero attached hydrogens (tertiary/aromatic N) is 2. The molecular formula is C23H16F4N2. The van der Waals surface area contributed by atoms with Crippen molar-refractivity contribution >= 4 is 17.5 Å². The first-order chi connectivity index (χ1) is 14.0. The molecule has 0 bridgehead atoms. The summed E-state index contributed by atoms with van der Waals surface area (Å²) in [6.45, 7) is 0. The van der Waals surface area contributed by atoms with Crippen molar-refractivity contribution < 1.29 is 17.6 Å². The van der Waals surface area contributed by atoms with E-state index < -0.39 is 11.6 Å². The topological polar surface area (TPSA) is 15.6 Å². The van der Waals surface area contributed by atoms with Gasteiger partial charge in [0.25, 0.3) is 0 Å². The molecule has 6 heteroatoms. The van der Waals surface area contributed by atoms with Crippen molar-refractivity contribution in [3.63, 3.8) is 0 Å². The van der Waals surface area contributed by atoms with Crippen LogP contribution in [-0.2, 0) is 0 Å². The van der Waals surface area contributed by atoms with Gasteiger partial charge in [0.15, 0.2) is 5.82 Å². The molecule has 0 N–H and O–H groups in total. The monoisotopic (exact) mass is 396 g/mol. The fraction of sp³-hybridized carbons (Fsp3) is 0.0870. The van der Waals surface area contributed by atoms with E-state index in [1.54, 1.807) is 36.4 Å². The van der Waals surface area contributed by atoms with Gasteiger partial charge < -0.3 is 0 Å². The van der Waals surface area contributed by atoms with Crippen LogP contribution >= 0.6 is 0 Å². The lowest BCUT2D eigenvalue weighted by Gasteiger charge is -2.24. The molecule has 3 aromatic rings. The number of halogens is 4. The Labute approximate surface area is 165 Å². The smallest absolute Gasteiger partial charge is 0.151 e. The molecular weight excluding hydrogens is 380 g/mol. The summed E-state index contributed by atoms with van der Waals surface area (Å²) in [5.74, 6) is -2.10. The summed E-state index contributed by atoms with van der Waals surface area (Å²) in [5.41, 5.74) is 2.33. The highest BCUT2D eigenvalue weighted by molar-refractivity contribution is 6.01. The van der Waals surface area contributed by atoms with Crippen molar-refractivity contribution in [3.8, 4) is 0 Å². The third-order valence-electron chi connectivity index (χ3n) is 4.68. The molecule has 0 aromatic heterocycles. The van der Waals surface area contributed by atoms with Crippen molar-refractivity contribution in [2.75, 3.05) is 5.01 Å². The fourth-order valence-corrected chi connectivity index (χ4v) is 3.23. The van der Waals surface area contributed by atoms with Crippen molar-refractivity contribution in [3.05, 3.63) is 107 Å². The van der Waals surface area contributed by atoms with E-state index in [9.17, 15) is 17.6 Å². The molecule has 0 fully saturated rings. The molecule has 1 atom stereocenters. The predicted molar refractivity (Wildman–Crippen MR) is 105 cm³/mol. The quantitative estimate of drug-likeness (QED) is 0.475. The maximum absolute atomic E-state index is 14.4. The summed E-state index contributed by atoms with van der Waals surface area (Å²) in [6, 6.07) is 14.8. The van der Waals surface area contributed by atoms with Gasteiger partial charge in [-0.15, -0.1) is 0 Å². The number of hydrogen-bond acceptors (Lipinski definition) is 2. The van der Waals surface area contributed by atoms with Crippen LogP contribution in [0.25, 0.3) is 6.08 Å². The number of benzene rings is 3. The maximum atomic E-state index is 14.4. The molecule has 3 aromatic carbocycles. The highest BCUT2D eigenvalue weighted by Crippen LogP contribution is 2.37. The van der Waals surface area contributed by atoms with Gasteiger partial charge in [-0.3, -0.25) is 5.01 Å². The molecule has 0 spiro atoms. The van der Waals surface area contributed by atoms with Crippen LogP contribution in [-0.4, -0.2) is 5.71 Å². The average Bonchev–Trinajstić information content (AvgIpc) is 3.12. The lowest BCUT2D eigenvalue weighted by Crippen LogP contribution is -2.19. The molecule has 0 saturated heterocycles.